The van der Waals surface area contributed by atoms with Crippen molar-refractivity contribution in [3.8, 4) is 0 Å². The van der Waals surface area contributed by atoms with Gasteiger partial charge >= 0.3 is 0 Å². The molecule has 4 rings (SSSR count). The van der Waals surface area contributed by atoms with Crippen molar-refractivity contribution in [2.45, 2.75) is 51.1 Å². The third-order valence-corrected chi connectivity index (χ3v) is 6.30. The average Bonchev–Trinajstić information content (AvgIpc) is 3.28. The van der Waals surface area contributed by atoms with Crippen molar-refractivity contribution in [3.05, 3.63) is 30.1 Å². The predicted molar refractivity (Wildman–Crippen MR) is 103 cm³/mol. The van der Waals surface area contributed by atoms with Gasteiger partial charge in [0.25, 0.3) is 0 Å². The van der Waals surface area contributed by atoms with Gasteiger partial charge in [-0.05, 0) is 30.9 Å². The van der Waals surface area contributed by atoms with E-state index in [2.05, 4.69) is 16.0 Å². The zero-order chi connectivity index (χ0) is 18.6. The maximum atomic E-state index is 13.0. The lowest BCUT2D eigenvalue weighted by molar-refractivity contribution is -0.135. The lowest BCUT2D eigenvalue weighted by atomic mass is 10.1. The molecule has 3 fully saturated rings. The molecular formula is C21H30N4O2. The van der Waals surface area contributed by atoms with Crippen LogP contribution in [0.15, 0.2) is 24.5 Å². The van der Waals surface area contributed by atoms with E-state index in [-0.39, 0.29) is 17.7 Å². The molecule has 27 heavy (non-hydrogen) atoms. The van der Waals surface area contributed by atoms with Crippen LogP contribution in [0.4, 0.5) is 0 Å². The Morgan fingerprint density at radius 1 is 1.11 bits per heavy atom. The molecule has 3 heterocycles. The topological polar surface area (TPSA) is 56.8 Å². The molecule has 0 radical (unpaired) electrons. The van der Waals surface area contributed by atoms with Crippen molar-refractivity contribution in [1.82, 2.24) is 19.7 Å². The molecule has 1 aliphatic carbocycles. The summed E-state index contributed by atoms with van der Waals surface area (Å²) in [4.78, 5) is 36.1. The number of carbonyl (C=O) groups excluding carboxylic acids is 2. The largest absolute Gasteiger partial charge is 0.341 e. The smallest absolute Gasteiger partial charge is 0.228 e. The van der Waals surface area contributed by atoms with Gasteiger partial charge < -0.3 is 9.80 Å². The van der Waals surface area contributed by atoms with Gasteiger partial charge in [-0.3, -0.25) is 19.5 Å². The summed E-state index contributed by atoms with van der Waals surface area (Å²) >= 11 is 0. The second-order valence-corrected chi connectivity index (χ2v) is 8.20. The fourth-order valence-electron chi connectivity index (χ4n) is 4.82. The molecule has 2 amide bonds. The minimum atomic E-state index is -0.136. The maximum Gasteiger partial charge on any atom is 0.228 e. The normalized spacial score (nSPS) is 25.2. The summed E-state index contributed by atoms with van der Waals surface area (Å²) < 4.78 is 0. The molecule has 1 atom stereocenters. The lowest BCUT2D eigenvalue weighted by Crippen LogP contribution is -2.40. The summed E-state index contributed by atoms with van der Waals surface area (Å²) in [6.07, 6.45) is 9.75. The highest BCUT2D eigenvalue weighted by Crippen LogP contribution is 2.30. The molecular weight excluding hydrogens is 340 g/mol. The molecule has 6 heteroatoms. The summed E-state index contributed by atoms with van der Waals surface area (Å²) in [5.41, 5.74) is 1.21. The fraction of sp³-hybridized carbons (Fsp3) is 0.667. The molecule has 3 aliphatic rings. The van der Waals surface area contributed by atoms with Gasteiger partial charge in [0, 0.05) is 64.1 Å². The van der Waals surface area contributed by atoms with Crippen LogP contribution in [0.5, 0.6) is 0 Å². The van der Waals surface area contributed by atoms with Crippen LogP contribution < -0.4 is 0 Å². The van der Waals surface area contributed by atoms with Gasteiger partial charge in [0.05, 0.1) is 5.92 Å². The van der Waals surface area contributed by atoms with E-state index in [0.29, 0.717) is 19.0 Å². The van der Waals surface area contributed by atoms with Crippen molar-refractivity contribution >= 4 is 11.8 Å². The molecule has 146 valence electrons. The first kappa shape index (κ1) is 18.4. The monoisotopic (exact) mass is 370 g/mol. The van der Waals surface area contributed by atoms with Crippen LogP contribution in [0.25, 0.3) is 0 Å². The standard InChI is InChI=1S/C21H30N4O2/c26-20-13-18(16-25(20)19-6-1-2-7-19)21(27)24-10-4-9-23(11-12-24)15-17-5-3-8-22-14-17/h3,5,8,14,18-19H,1-2,4,6-7,9-13,15-16H2/t18-/m1/s1. The number of amides is 2. The zero-order valence-corrected chi connectivity index (χ0v) is 16.1. The predicted octanol–water partition coefficient (Wildman–Crippen LogP) is 1.91. The van der Waals surface area contributed by atoms with Gasteiger partial charge in [-0.1, -0.05) is 18.9 Å². The van der Waals surface area contributed by atoms with Crippen molar-refractivity contribution < 1.29 is 9.59 Å². The molecule has 0 bridgehead atoms. The van der Waals surface area contributed by atoms with E-state index in [1.807, 2.05) is 22.1 Å². The van der Waals surface area contributed by atoms with Crippen LogP contribution in [0.2, 0.25) is 0 Å². The van der Waals surface area contributed by atoms with E-state index in [9.17, 15) is 9.59 Å². The van der Waals surface area contributed by atoms with E-state index < -0.39 is 0 Å². The van der Waals surface area contributed by atoms with Gasteiger partial charge in [0.2, 0.25) is 11.8 Å². The highest BCUT2D eigenvalue weighted by Gasteiger charge is 2.40. The molecule has 0 N–H and O–H groups in total. The second-order valence-electron chi connectivity index (χ2n) is 8.20. The van der Waals surface area contributed by atoms with Crippen LogP contribution in [0.3, 0.4) is 0 Å². The Bertz CT molecular complexity index is 659. The Kier molecular flexibility index (Phi) is 5.72. The van der Waals surface area contributed by atoms with E-state index in [1.54, 1.807) is 6.20 Å². The Labute approximate surface area is 161 Å². The van der Waals surface area contributed by atoms with Crippen LogP contribution >= 0.6 is 0 Å². The molecule has 1 aromatic heterocycles. The number of hydrogen-bond donors (Lipinski definition) is 0. The second kappa shape index (κ2) is 8.38. The number of carbonyl (C=O) groups is 2. The summed E-state index contributed by atoms with van der Waals surface area (Å²) in [6.45, 7) is 4.96. The van der Waals surface area contributed by atoms with Crippen molar-refractivity contribution in [1.29, 1.82) is 0 Å². The number of nitrogens with zero attached hydrogens (tertiary/aromatic N) is 4. The van der Waals surface area contributed by atoms with E-state index >= 15 is 0 Å². The Morgan fingerprint density at radius 2 is 1.96 bits per heavy atom. The van der Waals surface area contributed by atoms with E-state index in [0.717, 1.165) is 52.0 Å². The Morgan fingerprint density at radius 3 is 2.74 bits per heavy atom. The summed E-state index contributed by atoms with van der Waals surface area (Å²) in [5, 5.41) is 0. The summed E-state index contributed by atoms with van der Waals surface area (Å²) in [7, 11) is 0. The quantitative estimate of drug-likeness (QED) is 0.812. The van der Waals surface area contributed by atoms with Gasteiger partial charge in [-0.2, -0.15) is 0 Å². The molecule has 6 nitrogen and oxygen atoms in total. The third kappa shape index (κ3) is 4.32. The molecule has 0 aromatic carbocycles. The number of pyridine rings is 1. The molecule has 0 spiro atoms. The molecule has 1 saturated carbocycles. The van der Waals surface area contributed by atoms with Gasteiger partial charge in [-0.15, -0.1) is 0 Å². The maximum absolute atomic E-state index is 13.0. The number of aromatic nitrogens is 1. The minimum Gasteiger partial charge on any atom is -0.341 e. The van der Waals surface area contributed by atoms with Crippen LogP contribution in [-0.2, 0) is 16.1 Å². The highest BCUT2D eigenvalue weighted by atomic mass is 16.2. The van der Waals surface area contributed by atoms with Crippen LogP contribution in [0.1, 0.15) is 44.1 Å². The molecule has 0 unspecified atom stereocenters. The highest BCUT2D eigenvalue weighted by molar-refractivity contribution is 5.89. The van der Waals surface area contributed by atoms with E-state index in [1.165, 1.54) is 18.4 Å². The van der Waals surface area contributed by atoms with Crippen molar-refractivity contribution in [2.24, 2.45) is 5.92 Å². The van der Waals surface area contributed by atoms with Crippen LogP contribution in [-0.4, -0.2) is 70.3 Å². The first-order chi connectivity index (χ1) is 13.2. The Balaban J connectivity index is 1.31. The molecule has 2 aliphatic heterocycles. The average molecular weight is 370 g/mol. The molecule has 2 saturated heterocycles. The lowest BCUT2D eigenvalue weighted by Gasteiger charge is -2.26. The first-order valence-corrected chi connectivity index (χ1v) is 10.4. The van der Waals surface area contributed by atoms with Crippen molar-refractivity contribution in [2.75, 3.05) is 32.7 Å². The minimum absolute atomic E-state index is 0.136. The Hall–Kier alpha value is -1.95. The number of hydrogen-bond acceptors (Lipinski definition) is 4. The van der Waals surface area contributed by atoms with Crippen LogP contribution in [0, 0.1) is 5.92 Å². The molecule has 1 aromatic rings. The van der Waals surface area contributed by atoms with Gasteiger partial charge in [0.1, 0.15) is 0 Å². The summed E-state index contributed by atoms with van der Waals surface area (Å²) in [5.74, 6) is 0.239. The van der Waals surface area contributed by atoms with Gasteiger partial charge in [-0.25, -0.2) is 0 Å². The van der Waals surface area contributed by atoms with Crippen molar-refractivity contribution in [3.63, 3.8) is 0 Å². The SMILES string of the molecule is O=C([C@@H]1CC(=O)N(C2CCCC2)C1)N1CCCN(Cc2cccnc2)CC1. The number of rotatable bonds is 4. The van der Waals surface area contributed by atoms with E-state index in [4.69, 9.17) is 0 Å². The number of likely N-dealkylation sites (tertiary alicyclic amines) is 1. The first-order valence-electron chi connectivity index (χ1n) is 10.4. The summed E-state index contributed by atoms with van der Waals surface area (Å²) in [6, 6.07) is 4.45. The zero-order valence-electron chi connectivity index (χ0n) is 16.1. The third-order valence-electron chi connectivity index (χ3n) is 6.30. The fourth-order valence-corrected chi connectivity index (χ4v) is 4.82. The van der Waals surface area contributed by atoms with Gasteiger partial charge in [0.15, 0.2) is 0 Å².